The van der Waals surface area contributed by atoms with Crippen LogP contribution in [0.4, 0.5) is 10.2 Å². The number of hydrogen-bond donors (Lipinski definition) is 3. The van der Waals surface area contributed by atoms with Gasteiger partial charge < -0.3 is 15.3 Å². The number of halogens is 2. The lowest BCUT2D eigenvalue weighted by Gasteiger charge is -2.17. The van der Waals surface area contributed by atoms with Gasteiger partial charge >= 0.3 is 0 Å². The van der Waals surface area contributed by atoms with Gasteiger partial charge in [0, 0.05) is 39.2 Å². The second-order valence-corrected chi connectivity index (χ2v) is 10.3. The normalized spacial score (nSPS) is 19.4. The summed E-state index contributed by atoms with van der Waals surface area (Å²) in [7, 11) is 0. The van der Waals surface area contributed by atoms with Crippen LogP contribution in [-0.2, 0) is 0 Å². The predicted molar refractivity (Wildman–Crippen MR) is 141 cm³/mol. The minimum absolute atomic E-state index is 0.152. The average molecular weight is 541 g/mol. The van der Waals surface area contributed by atoms with E-state index in [4.69, 9.17) is 17.3 Å². The molecule has 3 atom stereocenters. The zero-order valence-corrected chi connectivity index (χ0v) is 20.8. The number of aromatic amines is 2. The lowest BCUT2D eigenvalue weighted by atomic mass is 10.0. The van der Waals surface area contributed by atoms with E-state index in [-0.39, 0.29) is 29.1 Å². The monoisotopic (exact) mass is 540 g/mol. The van der Waals surface area contributed by atoms with Gasteiger partial charge in [-0.25, -0.2) is 4.98 Å². The van der Waals surface area contributed by atoms with Gasteiger partial charge in [0.1, 0.15) is 17.8 Å². The average Bonchev–Trinajstić information content (AvgIpc) is 3.30. The van der Waals surface area contributed by atoms with Crippen LogP contribution in [0.3, 0.4) is 0 Å². The fraction of sp³-hybridized carbons (Fsp3) is 0.154. The summed E-state index contributed by atoms with van der Waals surface area (Å²) in [4.78, 5) is 21.0. The summed E-state index contributed by atoms with van der Waals surface area (Å²) in [6, 6.07) is 13.9. The van der Waals surface area contributed by atoms with Gasteiger partial charge in [0.15, 0.2) is 5.82 Å². The van der Waals surface area contributed by atoms with Gasteiger partial charge in [0.05, 0.1) is 17.2 Å². The van der Waals surface area contributed by atoms with Crippen LogP contribution in [-0.4, -0.2) is 44.9 Å². The molecule has 11 nitrogen and oxygen atoms in total. The van der Waals surface area contributed by atoms with E-state index in [0.717, 1.165) is 23.1 Å². The van der Waals surface area contributed by atoms with Crippen molar-refractivity contribution in [2.75, 3.05) is 5.73 Å². The Morgan fingerprint density at radius 1 is 1.10 bits per heavy atom. The number of aromatic nitrogens is 9. The lowest BCUT2D eigenvalue weighted by molar-refractivity contribution is 0.504. The molecule has 3 unspecified atom stereocenters. The Labute approximate surface area is 223 Å². The molecule has 0 amide bonds. The molecule has 0 saturated heterocycles. The van der Waals surface area contributed by atoms with Gasteiger partial charge in [-0.1, -0.05) is 17.7 Å². The molecular weight excluding hydrogens is 523 g/mol. The van der Waals surface area contributed by atoms with Crippen molar-refractivity contribution in [2.24, 2.45) is 5.92 Å². The van der Waals surface area contributed by atoms with Gasteiger partial charge in [0.25, 0.3) is 5.56 Å². The molecule has 1 fully saturated rings. The lowest BCUT2D eigenvalue weighted by Crippen LogP contribution is -2.26. The molecule has 6 aromatic rings. The van der Waals surface area contributed by atoms with Crippen LogP contribution in [0, 0.1) is 11.9 Å². The predicted octanol–water partition coefficient (Wildman–Crippen LogP) is 3.84. The second-order valence-electron chi connectivity index (χ2n) is 9.90. The number of nitrogen functional groups attached to an aromatic ring is 1. The Hall–Kier alpha value is -4.84. The number of nitrogens with zero attached hydrogens (tertiary/aromatic N) is 7. The van der Waals surface area contributed by atoms with Crippen molar-refractivity contribution in [2.45, 2.75) is 18.4 Å². The third-order valence-corrected chi connectivity index (χ3v) is 7.94. The largest absolute Gasteiger partial charge is 0.382 e. The number of benzene rings is 2. The summed E-state index contributed by atoms with van der Waals surface area (Å²) < 4.78 is 18.4. The number of fused-ring (bicyclic) bond motifs is 4. The molecule has 4 N–H and O–H groups in total. The van der Waals surface area contributed by atoms with E-state index in [1.165, 1.54) is 11.0 Å². The third kappa shape index (κ3) is 3.27. The first-order valence-electron chi connectivity index (χ1n) is 12.3. The highest BCUT2D eigenvalue weighted by Gasteiger charge is 2.54. The molecule has 1 saturated carbocycles. The summed E-state index contributed by atoms with van der Waals surface area (Å²) in [5, 5.41) is 19.6. The second kappa shape index (κ2) is 7.84. The smallest absolute Gasteiger partial charge is 0.252 e. The highest BCUT2D eigenvalue weighted by atomic mass is 35.5. The topological polar surface area (TPSA) is 149 Å². The van der Waals surface area contributed by atoms with Gasteiger partial charge in [-0.2, -0.15) is 14.2 Å². The fourth-order valence-corrected chi connectivity index (χ4v) is 6.04. The zero-order chi connectivity index (χ0) is 26.4. The molecule has 1 aliphatic heterocycles. The molecule has 192 valence electrons. The minimum Gasteiger partial charge on any atom is -0.382 e. The Kier molecular flexibility index (Phi) is 4.45. The van der Waals surface area contributed by atoms with Crippen molar-refractivity contribution in [3.63, 3.8) is 0 Å². The minimum atomic E-state index is -0.628. The summed E-state index contributed by atoms with van der Waals surface area (Å²) in [6.45, 7) is 0. The van der Waals surface area contributed by atoms with Crippen molar-refractivity contribution in [1.82, 2.24) is 44.9 Å². The molecule has 2 aromatic carbocycles. The maximum Gasteiger partial charge on any atom is 0.252 e. The van der Waals surface area contributed by atoms with Crippen LogP contribution >= 0.6 is 11.6 Å². The van der Waals surface area contributed by atoms with Crippen LogP contribution in [0.1, 0.15) is 29.9 Å². The van der Waals surface area contributed by atoms with Crippen molar-refractivity contribution in [3.05, 3.63) is 87.7 Å². The number of H-pyrrole nitrogens is 2. The number of pyridine rings is 1. The summed E-state index contributed by atoms with van der Waals surface area (Å²) in [5.74, 6) is 0.507. The van der Waals surface area contributed by atoms with Crippen molar-refractivity contribution < 1.29 is 4.39 Å². The molecule has 0 bridgehead atoms. The van der Waals surface area contributed by atoms with E-state index < -0.39 is 5.95 Å². The summed E-state index contributed by atoms with van der Waals surface area (Å²) >= 11 is 6.32. The number of nitrogens with two attached hydrogens (primary N) is 1. The van der Waals surface area contributed by atoms with Crippen LogP contribution in [0.2, 0.25) is 5.02 Å². The molecule has 4 aromatic heterocycles. The Morgan fingerprint density at radius 2 is 2.00 bits per heavy atom. The van der Waals surface area contributed by atoms with Crippen molar-refractivity contribution in [1.29, 1.82) is 0 Å². The van der Waals surface area contributed by atoms with E-state index in [1.54, 1.807) is 41.0 Å². The standard InChI is InChI=1S/C26H18ClFN10O/c27-13-2-4-19(37-10-30-35-36-37)15(8-13)12-6-20-16-9-17(16)23(38(20)21(39)7-12)26-31-22(24(28)32-26)11-1-3-14-18(5-11)33-34-25(14)29/h1-8,10,16-17,23H,9H2,(H,31,32)(H3,29,33,34). The summed E-state index contributed by atoms with van der Waals surface area (Å²) in [6.07, 6.45) is 2.38. The van der Waals surface area contributed by atoms with Crippen LogP contribution in [0.15, 0.2) is 59.7 Å². The molecule has 8 rings (SSSR count). The number of nitrogens with one attached hydrogen (secondary N) is 2. The quantitative estimate of drug-likeness (QED) is 0.307. The number of hydrogen-bond acceptors (Lipinski definition) is 7. The maximum atomic E-state index is 15.2. The Balaban J connectivity index is 1.21. The first-order valence-corrected chi connectivity index (χ1v) is 12.6. The van der Waals surface area contributed by atoms with E-state index in [2.05, 4.69) is 35.7 Å². The maximum absolute atomic E-state index is 15.2. The van der Waals surface area contributed by atoms with Gasteiger partial charge in [-0.05, 0) is 64.7 Å². The molecular formula is C26H18ClFN10O. The summed E-state index contributed by atoms with van der Waals surface area (Å²) in [5.41, 5.74) is 10.2. The van der Waals surface area contributed by atoms with Gasteiger partial charge in [-0.3, -0.25) is 9.89 Å². The van der Waals surface area contributed by atoms with Gasteiger partial charge in [-0.15, -0.1) is 5.10 Å². The fourth-order valence-electron chi connectivity index (χ4n) is 5.87. The van der Waals surface area contributed by atoms with Crippen LogP contribution < -0.4 is 11.3 Å². The molecule has 1 aliphatic carbocycles. The van der Waals surface area contributed by atoms with E-state index >= 15 is 4.39 Å². The Bertz CT molecular complexity index is 1990. The van der Waals surface area contributed by atoms with Crippen LogP contribution in [0.5, 0.6) is 0 Å². The van der Waals surface area contributed by atoms with Crippen molar-refractivity contribution in [3.8, 4) is 28.1 Å². The number of anilines is 1. The Morgan fingerprint density at radius 3 is 2.85 bits per heavy atom. The molecule has 2 aliphatic rings. The number of rotatable bonds is 4. The SMILES string of the molecule is Nc1n[nH]c2cc(-c3[nH]c(C4C5CC5c5cc(-c6cc(Cl)ccc6-n6cnnn6)cc(=O)n54)nc3F)ccc12. The van der Waals surface area contributed by atoms with E-state index in [0.29, 0.717) is 39.0 Å². The van der Waals surface area contributed by atoms with E-state index in [1.807, 2.05) is 12.1 Å². The number of tetrazole rings is 1. The molecule has 0 radical (unpaired) electrons. The molecule has 13 heteroatoms. The van der Waals surface area contributed by atoms with Gasteiger partial charge in [0.2, 0.25) is 5.95 Å². The molecule has 39 heavy (non-hydrogen) atoms. The number of imidazole rings is 1. The third-order valence-electron chi connectivity index (χ3n) is 7.71. The highest BCUT2D eigenvalue weighted by Crippen LogP contribution is 2.60. The highest BCUT2D eigenvalue weighted by molar-refractivity contribution is 6.31. The van der Waals surface area contributed by atoms with Crippen LogP contribution in [0.25, 0.3) is 39.0 Å². The first kappa shape index (κ1) is 22.2. The molecule has 0 spiro atoms. The first-order chi connectivity index (χ1) is 19.0. The molecule has 5 heterocycles. The van der Waals surface area contributed by atoms with Crippen molar-refractivity contribution >= 4 is 28.3 Å². The zero-order valence-electron chi connectivity index (χ0n) is 20.0. The van der Waals surface area contributed by atoms with E-state index in [9.17, 15) is 4.79 Å².